The molecule has 0 bridgehead atoms. The van der Waals surface area contributed by atoms with E-state index >= 15 is 0 Å². The van der Waals surface area contributed by atoms with Gasteiger partial charge in [0.1, 0.15) is 6.29 Å². The maximum atomic E-state index is 12.8. The Kier molecular flexibility index (Phi) is 5.21. The van der Waals surface area contributed by atoms with Crippen molar-refractivity contribution in [1.29, 1.82) is 0 Å². The molecular formula is C20H21ClO2S. The maximum absolute atomic E-state index is 12.8. The predicted octanol–water partition coefficient (Wildman–Crippen LogP) is 5.66. The molecule has 1 aliphatic rings. The van der Waals surface area contributed by atoms with Gasteiger partial charge in [0.2, 0.25) is 0 Å². The van der Waals surface area contributed by atoms with Crippen molar-refractivity contribution >= 4 is 35.0 Å². The van der Waals surface area contributed by atoms with Crippen LogP contribution in [0.25, 0.3) is 10.4 Å². The van der Waals surface area contributed by atoms with E-state index in [1.165, 1.54) is 0 Å². The van der Waals surface area contributed by atoms with Gasteiger partial charge in [-0.05, 0) is 61.4 Å². The third-order valence-electron chi connectivity index (χ3n) is 4.96. The smallest absolute Gasteiger partial charge is 0.150 e. The molecule has 1 aromatic carbocycles. The van der Waals surface area contributed by atoms with Crippen LogP contribution in [0.3, 0.4) is 0 Å². The van der Waals surface area contributed by atoms with E-state index in [1.54, 1.807) is 11.3 Å². The third kappa shape index (κ3) is 3.47. The molecule has 0 spiro atoms. The van der Waals surface area contributed by atoms with Crippen LogP contribution in [-0.4, -0.2) is 12.1 Å². The van der Waals surface area contributed by atoms with Gasteiger partial charge < -0.3 is 4.79 Å². The number of thiophene rings is 1. The number of hydrogen-bond acceptors (Lipinski definition) is 3. The van der Waals surface area contributed by atoms with Crippen LogP contribution in [0.5, 0.6) is 0 Å². The summed E-state index contributed by atoms with van der Waals surface area (Å²) in [4.78, 5) is 26.6. The van der Waals surface area contributed by atoms with Gasteiger partial charge in [0.05, 0.1) is 5.92 Å². The van der Waals surface area contributed by atoms with Crippen molar-refractivity contribution in [3.8, 4) is 10.4 Å². The van der Waals surface area contributed by atoms with Crippen molar-refractivity contribution in [3.63, 3.8) is 0 Å². The molecule has 1 unspecified atom stereocenters. The highest BCUT2D eigenvalue weighted by molar-refractivity contribution is 7.15. The molecule has 126 valence electrons. The third-order valence-corrected chi connectivity index (χ3v) is 6.33. The number of aldehydes is 1. The molecule has 0 aliphatic heterocycles. The average molecular weight is 361 g/mol. The van der Waals surface area contributed by atoms with Crippen LogP contribution < -0.4 is 0 Å². The Bertz CT molecular complexity index is 747. The van der Waals surface area contributed by atoms with Gasteiger partial charge in [-0.25, -0.2) is 0 Å². The van der Waals surface area contributed by atoms with E-state index in [1.807, 2.05) is 37.3 Å². The largest absolute Gasteiger partial charge is 0.302 e. The summed E-state index contributed by atoms with van der Waals surface area (Å²) in [6.07, 6.45) is 3.74. The molecule has 1 fully saturated rings. The number of hydrogen-bond donors (Lipinski definition) is 0. The number of aryl methyl sites for hydroxylation is 1. The van der Waals surface area contributed by atoms with Crippen molar-refractivity contribution in [1.82, 2.24) is 0 Å². The minimum atomic E-state index is -0.627. The number of rotatable bonds is 5. The number of carbonyl (C=O) groups excluding carboxylic acids is 2. The normalized spacial score (nSPS) is 21.6. The van der Waals surface area contributed by atoms with Crippen molar-refractivity contribution in [3.05, 3.63) is 45.8 Å². The summed E-state index contributed by atoms with van der Waals surface area (Å²) < 4.78 is 0. The molecule has 3 rings (SSSR count). The van der Waals surface area contributed by atoms with Gasteiger partial charge in [0.25, 0.3) is 0 Å². The van der Waals surface area contributed by atoms with Gasteiger partial charge in [0.15, 0.2) is 5.78 Å². The Morgan fingerprint density at radius 2 is 2.00 bits per heavy atom. The summed E-state index contributed by atoms with van der Waals surface area (Å²) in [5.74, 6) is 0.0865. The Morgan fingerprint density at radius 1 is 1.29 bits per heavy atom. The Balaban J connectivity index is 1.88. The van der Waals surface area contributed by atoms with Crippen LogP contribution in [0.15, 0.2) is 30.3 Å². The quantitative estimate of drug-likeness (QED) is 0.509. The van der Waals surface area contributed by atoms with Crippen LogP contribution in [-0.2, 0) is 9.59 Å². The molecular weight excluding hydrogens is 340 g/mol. The number of benzene rings is 1. The zero-order chi connectivity index (χ0) is 17.3. The summed E-state index contributed by atoms with van der Waals surface area (Å²) in [5.41, 5.74) is 1.93. The first-order chi connectivity index (χ1) is 11.5. The molecule has 0 amide bonds. The molecule has 2 aromatic rings. The highest BCUT2D eigenvalue weighted by Gasteiger charge is 2.34. The van der Waals surface area contributed by atoms with Gasteiger partial charge in [0, 0.05) is 20.7 Å². The molecule has 0 saturated heterocycles. The first-order valence-corrected chi connectivity index (χ1v) is 9.54. The minimum absolute atomic E-state index is 0.0356. The molecule has 1 aromatic heterocycles. The van der Waals surface area contributed by atoms with E-state index in [4.69, 9.17) is 11.6 Å². The highest BCUT2D eigenvalue weighted by atomic mass is 35.5. The molecule has 3 atom stereocenters. The fourth-order valence-corrected chi connectivity index (χ4v) is 4.77. The highest BCUT2D eigenvalue weighted by Crippen LogP contribution is 2.39. The summed E-state index contributed by atoms with van der Waals surface area (Å²) in [6, 6.07) is 9.64. The fraction of sp³-hybridized carbons (Fsp3) is 0.400. The van der Waals surface area contributed by atoms with E-state index < -0.39 is 5.92 Å². The van der Waals surface area contributed by atoms with E-state index in [2.05, 4.69) is 6.92 Å². The van der Waals surface area contributed by atoms with Crippen molar-refractivity contribution in [2.45, 2.75) is 39.0 Å². The molecule has 24 heavy (non-hydrogen) atoms. The zero-order valence-electron chi connectivity index (χ0n) is 13.9. The second-order valence-electron chi connectivity index (χ2n) is 6.76. The lowest BCUT2D eigenvalue weighted by molar-refractivity contribution is -0.127. The second-order valence-corrected chi connectivity index (χ2v) is 8.45. The van der Waals surface area contributed by atoms with Crippen LogP contribution >= 0.6 is 22.9 Å². The monoisotopic (exact) mass is 360 g/mol. The van der Waals surface area contributed by atoms with Gasteiger partial charge in [-0.15, -0.1) is 11.3 Å². The van der Waals surface area contributed by atoms with E-state index in [0.717, 1.165) is 46.4 Å². The van der Waals surface area contributed by atoms with Crippen LogP contribution in [0.2, 0.25) is 5.02 Å². The molecule has 1 heterocycles. The summed E-state index contributed by atoms with van der Waals surface area (Å²) in [6.45, 7) is 4.16. The van der Waals surface area contributed by atoms with E-state index in [9.17, 15) is 9.59 Å². The lowest BCUT2D eigenvalue weighted by atomic mass is 9.87. The zero-order valence-corrected chi connectivity index (χ0v) is 15.5. The predicted molar refractivity (Wildman–Crippen MR) is 99.8 cm³/mol. The molecule has 2 nitrogen and oxygen atoms in total. The molecule has 0 radical (unpaired) electrons. The van der Waals surface area contributed by atoms with Gasteiger partial charge >= 0.3 is 0 Å². The average Bonchev–Trinajstić information content (AvgIpc) is 3.15. The maximum Gasteiger partial charge on any atom is 0.150 e. The van der Waals surface area contributed by atoms with Crippen LogP contribution in [0, 0.1) is 18.8 Å². The van der Waals surface area contributed by atoms with Crippen LogP contribution in [0.4, 0.5) is 0 Å². The Labute approximate surface area is 151 Å². The van der Waals surface area contributed by atoms with E-state index in [0.29, 0.717) is 10.9 Å². The lowest BCUT2D eigenvalue weighted by Gasteiger charge is -2.14. The number of Topliss-reactive ketones (excluding diaryl/α,β-unsaturated/α-hetero) is 1. The second kappa shape index (κ2) is 7.20. The minimum Gasteiger partial charge on any atom is -0.302 e. The van der Waals surface area contributed by atoms with Gasteiger partial charge in [-0.2, -0.15) is 0 Å². The standard InChI is InChI=1S/C20H21ClO2S/c1-12-3-4-15(9-12)20(23)18(11-22)17-10-19(24-13(17)2)14-5-7-16(21)8-6-14/h5-8,10-12,15,18H,3-4,9H2,1-2H3/t12-,15-,18?/m1/s1. The Morgan fingerprint density at radius 3 is 2.58 bits per heavy atom. The first kappa shape index (κ1) is 17.4. The lowest BCUT2D eigenvalue weighted by Crippen LogP contribution is -2.21. The fourth-order valence-electron chi connectivity index (χ4n) is 3.57. The molecule has 1 saturated carbocycles. The van der Waals surface area contributed by atoms with Crippen molar-refractivity contribution in [2.75, 3.05) is 0 Å². The molecule has 0 N–H and O–H groups in total. The van der Waals surface area contributed by atoms with Gasteiger partial charge in [-0.3, -0.25) is 4.79 Å². The number of halogens is 1. The van der Waals surface area contributed by atoms with Crippen molar-refractivity contribution < 1.29 is 9.59 Å². The van der Waals surface area contributed by atoms with E-state index in [-0.39, 0.29) is 11.7 Å². The molecule has 1 aliphatic carbocycles. The van der Waals surface area contributed by atoms with Crippen LogP contribution in [0.1, 0.15) is 42.5 Å². The first-order valence-electron chi connectivity index (χ1n) is 8.35. The summed E-state index contributed by atoms with van der Waals surface area (Å²) >= 11 is 7.57. The number of carbonyl (C=O) groups is 2. The Hall–Kier alpha value is -1.45. The topological polar surface area (TPSA) is 34.1 Å². The SMILES string of the molecule is Cc1sc(-c2ccc(Cl)cc2)cc1C(C=O)C(=O)[C@@H]1CC[C@@H](C)C1. The van der Waals surface area contributed by atoms with Gasteiger partial charge in [-0.1, -0.05) is 30.7 Å². The van der Waals surface area contributed by atoms with Crippen molar-refractivity contribution in [2.24, 2.45) is 11.8 Å². The number of ketones is 1. The summed E-state index contributed by atoms with van der Waals surface area (Å²) in [5, 5.41) is 0.698. The molecule has 4 heteroatoms. The summed E-state index contributed by atoms with van der Waals surface area (Å²) in [7, 11) is 0.